The van der Waals surface area contributed by atoms with Gasteiger partial charge in [-0.2, -0.15) is 17.0 Å². The quantitative estimate of drug-likeness (QED) is 0.797. The lowest BCUT2D eigenvalue weighted by molar-refractivity contribution is 0.0532. The van der Waals surface area contributed by atoms with Crippen molar-refractivity contribution in [1.29, 1.82) is 0 Å². The van der Waals surface area contributed by atoms with E-state index in [0.717, 1.165) is 25.7 Å². The average molecular weight is 330 g/mol. The molecule has 1 saturated carbocycles. The van der Waals surface area contributed by atoms with Crippen LogP contribution in [0.15, 0.2) is 0 Å². The normalized spacial score (nSPS) is 35.5. The van der Waals surface area contributed by atoms with Gasteiger partial charge >= 0.3 is 0 Å². The summed E-state index contributed by atoms with van der Waals surface area (Å²) in [5, 5.41) is 0. The summed E-state index contributed by atoms with van der Waals surface area (Å²) < 4.78 is 35.2. The summed E-state index contributed by atoms with van der Waals surface area (Å²) in [6.07, 6.45) is 7.29. The molecule has 0 radical (unpaired) electrons. The summed E-state index contributed by atoms with van der Waals surface area (Å²) in [6, 6.07) is 0.324. The predicted molar refractivity (Wildman–Crippen MR) is 86.8 cm³/mol. The van der Waals surface area contributed by atoms with Gasteiger partial charge in [-0.25, -0.2) is 0 Å². The van der Waals surface area contributed by atoms with Crippen LogP contribution in [0.25, 0.3) is 0 Å². The SMILES string of the molecule is CC1CCN(S(=O)(=O)N(C)C2CCOCC2)C2CCCCC12. The standard InChI is InChI=1S/C16H30N2O3S/c1-13-7-10-18(16-6-4-3-5-15(13)16)22(19,20)17(2)14-8-11-21-12-9-14/h13-16H,3-12H2,1-2H3. The third-order valence-corrected chi connectivity index (χ3v) is 8.12. The molecule has 5 nitrogen and oxygen atoms in total. The second kappa shape index (κ2) is 6.75. The topological polar surface area (TPSA) is 49.9 Å². The van der Waals surface area contributed by atoms with E-state index in [4.69, 9.17) is 4.74 Å². The molecular formula is C16H30N2O3S. The van der Waals surface area contributed by atoms with E-state index in [1.54, 1.807) is 11.4 Å². The van der Waals surface area contributed by atoms with Gasteiger partial charge in [-0.3, -0.25) is 0 Å². The highest BCUT2D eigenvalue weighted by Crippen LogP contribution is 2.40. The van der Waals surface area contributed by atoms with Gasteiger partial charge in [-0.15, -0.1) is 0 Å². The Hall–Kier alpha value is -0.170. The Morgan fingerprint density at radius 1 is 1.05 bits per heavy atom. The molecule has 6 heteroatoms. The fourth-order valence-corrected chi connectivity index (χ4v) is 6.42. The molecule has 2 aliphatic heterocycles. The Kier molecular flexibility index (Phi) is 5.12. The summed E-state index contributed by atoms with van der Waals surface area (Å²) >= 11 is 0. The van der Waals surface area contributed by atoms with Crippen molar-refractivity contribution in [2.75, 3.05) is 26.8 Å². The van der Waals surface area contributed by atoms with Gasteiger partial charge in [0.15, 0.2) is 0 Å². The molecule has 0 aromatic rings. The summed E-state index contributed by atoms with van der Waals surface area (Å²) in [7, 11) is -1.58. The van der Waals surface area contributed by atoms with E-state index < -0.39 is 10.2 Å². The van der Waals surface area contributed by atoms with Crippen molar-refractivity contribution >= 4 is 10.2 Å². The van der Waals surface area contributed by atoms with Gasteiger partial charge in [0.2, 0.25) is 0 Å². The third-order valence-electron chi connectivity index (χ3n) is 6.05. The van der Waals surface area contributed by atoms with Crippen LogP contribution in [0.4, 0.5) is 0 Å². The lowest BCUT2D eigenvalue weighted by Crippen LogP contribution is -2.57. The Morgan fingerprint density at radius 2 is 1.73 bits per heavy atom. The first-order valence-electron chi connectivity index (χ1n) is 8.84. The number of hydrogen-bond acceptors (Lipinski definition) is 3. The molecule has 3 atom stereocenters. The molecule has 2 saturated heterocycles. The van der Waals surface area contributed by atoms with Gasteiger partial charge in [-0.05, 0) is 43.9 Å². The van der Waals surface area contributed by atoms with E-state index in [0.29, 0.717) is 31.6 Å². The van der Waals surface area contributed by atoms with Gasteiger partial charge in [0, 0.05) is 38.9 Å². The van der Waals surface area contributed by atoms with E-state index in [1.807, 2.05) is 4.31 Å². The van der Waals surface area contributed by atoms with Crippen LogP contribution >= 0.6 is 0 Å². The maximum atomic E-state index is 13.2. The van der Waals surface area contributed by atoms with Gasteiger partial charge in [0.05, 0.1) is 0 Å². The van der Waals surface area contributed by atoms with Crippen molar-refractivity contribution in [3.8, 4) is 0 Å². The minimum atomic E-state index is -3.34. The van der Waals surface area contributed by atoms with E-state index in [-0.39, 0.29) is 12.1 Å². The van der Waals surface area contributed by atoms with Gasteiger partial charge in [-0.1, -0.05) is 19.8 Å². The second-order valence-electron chi connectivity index (χ2n) is 7.26. The number of piperidine rings is 1. The van der Waals surface area contributed by atoms with Crippen LogP contribution in [0.3, 0.4) is 0 Å². The molecule has 3 rings (SSSR count). The van der Waals surface area contributed by atoms with Crippen molar-refractivity contribution < 1.29 is 13.2 Å². The number of nitrogens with zero attached hydrogens (tertiary/aromatic N) is 2. The van der Waals surface area contributed by atoms with Crippen molar-refractivity contribution in [1.82, 2.24) is 8.61 Å². The van der Waals surface area contributed by atoms with E-state index in [9.17, 15) is 8.42 Å². The number of fused-ring (bicyclic) bond motifs is 1. The van der Waals surface area contributed by atoms with Crippen molar-refractivity contribution in [3.63, 3.8) is 0 Å². The summed E-state index contributed by atoms with van der Waals surface area (Å²) in [5.41, 5.74) is 0. The highest BCUT2D eigenvalue weighted by molar-refractivity contribution is 7.86. The van der Waals surface area contributed by atoms with Crippen molar-refractivity contribution in [3.05, 3.63) is 0 Å². The Morgan fingerprint density at radius 3 is 2.45 bits per heavy atom. The number of ether oxygens (including phenoxy) is 1. The minimum Gasteiger partial charge on any atom is -0.381 e. The maximum Gasteiger partial charge on any atom is 0.282 e. The number of hydrogen-bond donors (Lipinski definition) is 0. The van der Waals surface area contributed by atoms with Crippen LogP contribution in [0.1, 0.15) is 51.9 Å². The Labute approximate surface area is 135 Å². The van der Waals surface area contributed by atoms with E-state index in [2.05, 4.69) is 6.92 Å². The number of rotatable bonds is 3. The molecule has 2 heterocycles. The molecule has 0 aromatic heterocycles. The molecule has 0 aromatic carbocycles. The minimum absolute atomic E-state index is 0.0974. The monoisotopic (exact) mass is 330 g/mol. The van der Waals surface area contributed by atoms with Gasteiger partial charge in [0.1, 0.15) is 0 Å². The molecule has 22 heavy (non-hydrogen) atoms. The summed E-state index contributed by atoms with van der Waals surface area (Å²) in [5.74, 6) is 1.21. The van der Waals surface area contributed by atoms with Crippen LogP contribution in [0.5, 0.6) is 0 Å². The Balaban J connectivity index is 1.78. The van der Waals surface area contributed by atoms with E-state index in [1.165, 1.54) is 19.3 Å². The molecule has 0 amide bonds. The summed E-state index contributed by atoms with van der Waals surface area (Å²) in [6.45, 7) is 4.34. The van der Waals surface area contributed by atoms with Crippen LogP contribution in [0.2, 0.25) is 0 Å². The van der Waals surface area contributed by atoms with Crippen LogP contribution in [-0.2, 0) is 14.9 Å². The Bertz CT molecular complexity index is 476. The highest BCUT2D eigenvalue weighted by atomic mass is 32.2. The lowest BCUT2D eigenvalue weighted by Gasteiger charge is -2.48. The van der Waals surface area contributed by atoms with E-state index >= 15 is 0 Å². The zero-order valence-corrected chi connectivity index (χ0v) is 14.7. The smallest absolute Gasteiger partial charge is 0.282 e. The zero-order chi connectivity index (χ0) is 15.7. The first kappa shape index (κ1) is 16.7. The molecule has 0 bridgehead atoms. The molecule has 3 fully saturated rings. The second-order valence-corrected chi connectivity index (χ2v) is 9.20. The van der Waals surface area contributed by atoms with Gasteiger partial charge in [0.25, 0.3) is 10.2 Å². The highest BCUT2D eigenvalue weighted by Gasteiger charge is 2.44. The van der Waals surface area contributed by atoms with Crippen molar-refractivity contribution in [2.24, 2.45) is 11.8 Å². The molecule has 128 valence electrons. The first-order valence-corrected chi connectivity index (χ1v) is 10.2. The molecule has 3 unspecified atom stereocenters. The lowest BCUT2D eigenvalue weighted by atomic mass is 9.74. The average Bonchev–Trinajstić information content (AvgIpc) is 2.55. The predicted octanol–water partition coefficient (Wildman–Crippen LogP) is 2.24. The van der Waals surface area contributed by atoms with Gasteiger partial charge < -0.3 is 4.74 Å². The fraction of sp³-hybridized carbons (Fsp3) is 1.00. The molecule has 0 N–H and O–H groups in total. The fourth-order valence-electron chi connectivity index (χ4n) is 4.56. The summed E-state index contributed by atoms with van der Waals surface area (Å²) in [4.78, 5) is 0. The van der Waals surface area contributed by atoms with Crippen LogP contribution < -0.4 is 0 Å². The molecular weight excluding hydrogens is 300 g/mol. The third kappa shape index (κ3) is 3.07. The van der Waals surface area contributed by atoms with Crippen LogP contribution in [0, 0.1) is 11.8 Å². The van der Waals surface area contributed by atoms with Crippen LogP contribution in [-0.4, -0.2) is 55.9 Å². The molecule has 3 aliphatic rings. The molecule has 1 aliphatic carbocycles. The maximum absolute atomic E-state index is 13.2. The van der Waals surface area contributed by atoms with Crippen molar-refractivity contribution in [2.45, 2.75) is 64.0 Å². The first-order chi connectivity index (χ1) is 10.5. The largest absolute Gasteiger partial charge is 0.381 e. The molecule has 0 spiro atoms. The zero-order valence-electron chi connectivity index (χ0n) is 13.9.